The molecule has 2 aliphatic heterocycles. The van der Waals surface area contributed by atoms with Gasteiger partial charge in [-0.15, -0.1) is 0 Å². The number of amides is 1. The molecule has 0 saturated carbocycles. The summed E-state index contributed by atoms with van der Waals surface area (Å²) in [6.45, 7) is 9.92. The van der Waals surface area contributed by atoms with E-state index in [0.29, 0.717) is 19.8 Å². The Labute approximate surface area is 228 Å². The van der Waals surface area contributed by atoms with Crippen LogP contribution >= 0.6 is 0 Å². The molecule has 2 aliphatic rings. The Morgan fingerprint density at radius 3 is 2.41 bits per heavy atom. The molecule has 4 heterocycles. The molecule has 8 nitrogen and oxygen atoms in total. The summed E-state index contributed by atoms with van der Waals surface area (Å²) in [5.41, 5.74) is 5.76. The standard InChI is InChI=1S/C31H33N5O3/c1-31(2,3)39-30(37)35-17-15-34(16-18-35)20-22-9-11-23(12-10-22)27-28(24-7-5-4-6-8-24)36-21-38-26-13-14-32-19-25(26)29(36)33-27/h4-14,19H,15-18,20-21H2,1-3H3. The minimum absolute atomic E-state index is 0.229. The summed E-state index contributed by atoms with van der Waals surface area (Å²) < 4.78 is 13.7. The quantitative estimate of drug-likeness (QED) is 0.343. The molecule has 0 radical (unpaired) electrons. The topological polar surface area (TPSA) is 72.7 Å². The van der Waals surface area contributed by atoms with E-state index in [2.05, 4.69) is 50.8 Å². The molecule has 39 heavy (non-hydrogen) atoms. The largest absolute Gasteiger partial charge is 0.472 e. The van der Waals surface area contributed by atoms with Crippen molar-refractivity contribution in [3.8, 4) is 39.7 Å². The first-order valence-corrected chi connectivity index (χ1v) is 13.4. The molecule has 2 aromatic heterocycles. The van der Waals surface area contributed by atoms with E-state index in [0.717, 1.165) is 59.3 Å². The van der Waals surface area contributed by atoms with E-state index in [1.54, 1.807) is 11.1 Å². The molecule has 200 valence electrons. The maximum absolute atomic E-state index is 12.4. The van der Waals surface area contributed by atoms with Crippen LogP contribution in [0.15, 0.2) is 73.1 Å². The lowest BCUT2D eigenvalue weighted by atomic mass is 10.0. The van der Waals surface area contributed by atoms with Gasteiger partial charge in [-0.2, -0.15) is 0 Å². The van der Waals surface area contributed by atoms with Crippen molar-refractivity contribution in [2.24, 2.45) is 0 Å². The van der Waals surface area contributed by atoms with Crippen molar-refractivity contribution in [3.63, 3.8) is 0 Å². The summed E-state index contributed by atoms with van der Waals surface area (Å²) in [5, 5.41) is 0. The molecule has 1 fully saturated rings. The molecule has 1 amide bonds. The number of benzene rings is 2. The zero-order chi connectivity index (χ0) is 27.0. The number of hydrogen-bond acceptors (Lipinski definition) is 6. The molecule has 4 aromatic rings. The number of nitrogens with zero attached hydrogens (tertiary/aromatic N) is 5. The molecule has 2 aromatic carbocycles. The van der Waals surface area contributed by atoms with Gasteiger partial charge in [-0.1, -0.05) is 54.6 Å². The van der Waals surface area contributed by atoms with Crippen molar-refractivity contribution < 1.29 is 14.3 Å². The number of carbonyl (C=O) groups is 1. The highest BCUT2D eigenvalue weighted by molar-refractivity contribution is 5.83. The van der Waals surface area contributed by atoms with Crippen molar-refractivity contribution in [3.05, 3.63) is 78.6 Å². The number of aromatic nitrogens is 3. The summed E-state index contributed by atoms with van der Waals surface area (Å²) in [4.78, 5) is 26.0. The van der Waals surface area contributed by atoms with Gasteiger partial charge >= 0.3 is 6.09 Å². The Morgan fingerprint density at radius 1 is 0.949 bits per heavy atom. The molecule has 6 rings (SSSR count). The predicted molar refractivity (Wildman–Crippen MR) is 150 cm³/mol. The third kappa shape index (κ3) is 5.25. The second kappa shape index (κ2) is 10.2. The van der Waals surface area contributed by atoms with Gasteiger partial charge in [0.1, 0.15) is 17.2 Å². The first kappa shape index (κ1) is 25.1. The van der Waals surface area contributed by atoms with Crippen LogP contribution < -0.4 is 4.74 Å². The van der Waals surface area contributed by atoms with Crippen LogP contribution in [-0.4, -0.2) is 62.2 Å². The number of imidazole rings is 1. The van der Waals surface area contributed by atoms with E-state index in [-0.39, 0.29) is 6.09 Å². The van der Waals surface area contributed by atoms with Crippen molar-refractivity contribution >= 4 is 6.09 Å². The lowest BCUT2D eigenvalue weighted by Crippen LogP contribution is -2.49. The van der Waals surface area contributed by atoms with E-state index < -0.39 is 5.60 Å². The second-order valence-electron chi connectivity index (χ2n) is 11.0. The second-order valence-corrected chi connectivity index (χ2v) is 11.0. The van der Waals surface area contributed by atoms with Crippen LogP contribution in [0, 0.1) is 0 Å². The van der Waals surface area contributed by atoms with E-state index in [9.17, 15) is 4.79 Å². The van der Waals surface area contributed by atoms with Gasteiger partial charge in [-0.05, 0) is 32.4 Å². The molecule has 8 heteroatoms. The van der Waals surface area contributed by atoms with Gasteiger partial charge in [-0.25, -0.2) is 9.78 Å². The molecule has 0 atom stereocenters. The van der Waals surface area contributed by atoms with Crippen molar-refractivity contribution in [1.29, 1.82) is 0 Å². The molecule has 0 unspecified atom stereocenters. The minimum atomic E-state index is -0.474. The molecule has 1 saturated heterocycles. The molecular weight excluding hydrogens is 490 g/mol. The highest BCUT2D eigenvalue weighted by atomic mass is 16.6. The number of pyridine rings is 1. The van der Waals surface area contributed by atoms with Crippen LogP contribution in [0.1, 0.15) is 26.3 Å². The summed E-state index contributed by atoms with van der Waals surface area (Å²) >= 11 is 0. The Kier molecular flexibility index (Phi) is 6.56. The number of carbonyl (C=O) groups excluding carboxylic acids is 1. The number of ether oxygens (including phenoxy) is 2. The Morgan fingerprint density at radius 2 is 1.69 bits per heavy atom. The average Bonchev–Trinajstić information content (AvgIpc) is 3.34. The van der Waals surface area contributed by atoms with Crippen LogP contribution in [0.3, 0.4) is 0 Å². The predicted octanol–water partition coefficient (Wildman–Crippen LogP) is 5.68. The highest BCUT2D eigenvalue weighted by Crippen LogP contribution is 2.41. The Balaban J connectivity index is 1.22. The minimum Gasteiger partial charge on any atom is -0.472 e. The lowest BCUT2D eigenvalue weighted by Gasteiger charge is -2.35. The molecule has 0 aliphatic carbocycles. The lowest BCUT2D eigenvalue weighted by molar-refractivity contribution is 0.0139. The SMILES string of the molecule is CC(C)(C)OC(=O)N1CCN(Cc2ccc(-c3nc4n(c3-c3ccccc3)COc3ccncc3-4)cc2)CC1. The van der Waals surface area contributed by atoms with Gasteiger partial charge in [0.25, 0.3) is 0 Å². The van der Waals surface area contributed by atoms with Crippen LogP contribution in [0.4, 0.5) is 4.79 Å². The summed E-state index contributed by atoms with van der Waals surface area (Å²) in [6, 6.07) is 20.9. The van der Waals surface area contributed by atoms with E-state index in [1.807, 2.05) is 51.2 Å². The fourth-order valence-electron chi connectivity index (χ4n) is 5.12. The zero-order valence-corrected chi connectivity index (χ0v) is 22.6. The van der Waals surface area contributed by atoms with E-state index in [1.165, 1.54) is 5.56 Å². The molecule has 0 bridgehead atoms. The van der Waals surface area contributed by atoms with Gasteiger partial charge in [0.05, 0.1) is 17.0 Å². The van der Waals surface area contributed by atoms with Gasteiger partial charge in [0.2, 0.25) is 0 Å². The zero-order valence-electron chi connectivity index (χ0n) is 22.6. The van der Waals surface area contributed by atoms with Crippen molar-refractivity contribution in [1.82, 2.24) is 24.3 Å². The van der Waals surface area contributed by atoms with Crippen LogP contribution in [0.5, 0.6) is 5.75 Å². The van der Waals surface area contributed by atoms with E-state index in [4.69, 9.17) is 14.5 Å². The highest BCUT2D eigenvalue weighted by Gasteiger charge is 2.28. The number of piperazine rings is 1. The third-order valence-corrected chi connectivity index (χ3v) is 7.04. The van der Waals surface area contributed by atoms with E-state index >= 15 is 0 Å². The van der Waals surface area contributed by atoms with Crippen LogP contribution in [0.2, 0.25) is 0 Å². The smallest absolute Gasteiger partial charge is 0.410 e. The van der Waals surface area contributed by atoms with Crippen molar-refractivity contribution in [2.45, 2.75) is 39.6 Å². The van der Waals surface area contributed by atoms with Gasteiger partial charge in [0, 0.05) is 56.2 Å². The normalized spacial score (nSPS) is 15.3. The number of fused-ring (bicyclic) bond motifs is 3. The summed E-state index contributed by atoms with van der Waals surface area (Å²) in [5.74, 6) is 1.67. The first-order chi connectivity index (χ1) is 18.9. The van der Waals surface area contributed by atoms with Gasteiger partial charge in [-0.3, -0.25) is 14.5 Å². The molecule has 0 N–H and O–H groups in total. The molecular formula is C31H33N5O3. The fraction of sp³-hybridized carbons (Fsp3) is 0.323. The fourth-order valence-corrected chi connectivity index (χ4v) is 5.12. The first-order valence-electron chi connectivity index (χ1n) is 13.4. The summed E-state index contributed by atoms with van der Waals surface area (Å²) in [7, 11) is 0. The van der Waals surface area contributed by atoms with Crippen molar-refractivity contribution in [2.75, 3.05) is 26.2 Å². The van der Waals surface area contributed by atoms with Gasteiger partial charge < -0.3 is 14.4 Å². The average molecular weight is 524 g/mol. The number of rotatable bonds is 4. The van der Waals surface area contributed by atoms with Crippen LogP contribution in [0.25, 0.3) is 33.9 Å². The maximum Gasteiger partial charge on any atom is 0.410 e. The monoisotopic (exact) mass is 523 g/mol. The Bertz CT molecular complexity index is 1470. The van der Waals surface area contributed by atoms with Crippen LogP contribution in [-0.2, 0) is 18.0 Å². The number of hydrogen-bond donors (Lipinski definition) is 0. The Hall–Kier alpha value is -4.17. The summed E-state index contributed by atoms with van der Waals surface area (Å²) in [6.07, 6.45) is 3.33. The maximum atomic E-state index is 12.4. The van der Waals surface area contributed by atoms with Gasteiger partial charge in [0.15, 0.2) is 6.73 Å². The third-order valence-electron chi connectivity index (χ3n) is 7.04. The molecule has 0 spiro atoms.